The lowest BCUT2D eigenvalue weighted by atomic mass is 10.7. The Balaban J connectivity index is 2.49. The molecular weight excluding hydrogens is 142 g/mol. The zero-order valence-corrected chi connectivity index (χ0v) is 6.10. The van der Waals surface area contributed by atoms with Gasteiger partial charge in [-0.1, -0.05) is 0 Å². The van der Waals surface area contributed by atoms with E-state index >= 15 is 0 Å². The topological polar surface area (TPSA) is 52.9 Å². The van der Waals surface area contributed by atoms with Crippen LogP contribution in [0.2, 0.25) is 0 Å². The third-order valence-corrected chi connectivity index (χ3v) is 2.95. The molecule has 0 saturated carbocycles. The summed E-state index contributed by atoms with van der Waals surface area (Å²) in [4.78, 5) is 0. The molecule has 0 spiro atoms. The molecule has 0 radical (unpaired) electrons. The second-order valence-corrected chi connectivity index (χ2v) is 4.13. The van der Waals surface area contributed by atoms with Gasteiger partial charge in [-0.3, -0.25) is 9.11 Å². The maximum atomic E-state index is 9.08. The van der Waals surface area contributed by atoms with Gasteiger partial charge in [0.05, 0.1) is 6.61 Å². The first-order valence-electron chi connectivity index (χ1n) is 2.68. The van der Waals surface area contributed by atoms with Crippen molar-refractivity contribution in [3.8, 4) is 0 Å². The van der Waals surface area contributed by atoms with Crippen LogP contribution in [-0.2, 0) is 4.74 Å². The van der Waals surface area contributed by atoms with E-state index in [2.05, 4.69) is 0 Å². The van der Waals surface area contributed by atoms with Crippen LogP contribution in [0.25, 0.3) is 0 Å². The molecule has 4 nitrogen and oxygen atoms in total. The van der Waals surface area contributed by atoms with Crippen molar-refractivity contribution in [3.05, 3.63) is 0 Å². The lowest BCUT2D eigenvalue weighted by Gasteiger charge is -2.43. The van der Waals surface area contributed by atoms with E-state index < -0.39 is 10.8 Å². The molecule has 1 fully saturated rings. The minimum absolute atomic E-state index is 0.0590. The van der Waals surface area contributed by atoms with E-state index in [1.807, 2.05) is 0 Å². The molecule has 0 unspecified atom stereocenters. The zero-order chi connectivity index (χ0) is 6.91. The predicted octanol–water partition coefficient (Wildman–Crippen LogP) is 0.572. The Hall–Kier alpha value is 0.190. The van der Waals surface area contributed by atoms with Crippen molar-refractivity contribution in [1.82, 2.24) is 4.31 Å². The largest absolute Gasteiger partial charge is 0.358 e. The van der Waals surface area contributed by atoms with Crippen molar-refractivity contribution >= 4 is 10.8 Å². The monoisotopic (exact) mass is 153 g/mol. The number of hydrogen-bond donors (Lipinski definition) is 2. The van der Waals surface area contributed by atoms with Crippen LogP contribution in [0.4, 0.5) is 0 Å². The molecule has 0 aromatic carbocycles. The Bertz CT molecular complexity index is 108. The molecule has 1 rings (SSSR count). The standard InChI is InChI=1S/C4H11NO3S/c1-5-2-3-8-4-9(5,6)7/h6-7H,2-4H2,1H3. The van der Waals surface area contributed by atoms with Crippen molar-refractivity contribution in [2.24, 2.45) is 0 Å². The van der Waals surface area contributed by atoms with Gasteiger partial charge in [0.1, 0.15) is 0 Å². The van der Waals surface area contributed by atoms with Crippen molar-refractivity contribution in [1.29, 1.82) is 0 Å². The van der Waals surface area contributed by atoms with Crippen LogP contribution in [0.15, 0.2) is 0 Å². The SMILES string of the molecule is CN1CCOCS1(O)O. The van der Waals surface area contributed by atoms with E-state index in [1.54, 1.807) is 7.05 Å². The Morgan fingerprint density at radius 2 is 2.22 bits per heavy atom. The van der Waals surface area contributed by atoms with Crippen LogP contribution >= 0.6 is 10.8 Å². The molecule has 9 heavy (non-hydrogen) atoms. The molecule has 1 aliphatic heterocycles. The van der Waals surface area contributed by atoms with Crippen LogP contribution < -0.4 is 0 Å². The molecular formula is C4H11NO3S. The van der Waals surface area contributed by atoms with Crippen molar-refractivity contribution in [2.75, 3.05) is 26.1 Å². The highest BCUT2D eigenvalue weighted by molar-refractivity contribution is 8.22. The first-order chi connectivity index (χ1) is 4.13. The van der Waals surface area contributed by atoms with Crippen LogP contribution in [0.5, 0.6) is 0 Å². The molecule has 0 atom stereocenters. The smallest absolute Gasteiger partial charge is 0.150 e. The number of hydrogen-bond acceptors (Lipinski definition) is 4. The number of ether oxygens (including phenoxy) is 1. The van der Waals surface area contributed by atoms with E-state index in [1.165, 1.54) is 4.31 Å². The molecule has 1 saturated heterocycles. The fraction of sp³-hybridized carbons (Fsp3) is 1.00. The van der Waals surface area contributed by atoms with Crippen LogP contribution in [0.1, 0.15) is 0 Å². The highest BCUT2D eigenvalue weighted by atomic mass is 32.3. The van der Waals surface area contributed by atoms with Gasteiger partial charge in [0.15, 0.2) is 5.94 Å². The van der Waals surface area contributed by atoms with Crippen LogP contribution in [-0.4, -0.2) is 39.5 Å². The lowest BCUT2D eigenvalue weighted by molar-refractivity contribution is 0.124. The van der Waals surface area contributed by atoms with E-state index in [0.29, 0.717) is 13.2 Å². The van der Waals surface area contributed by atoms with Crippen molar-refractivity contribution in [2.45, 2.75) is 0 Å². The first kappa shape index (κ1) is 7.30. The summed E-state index contributed by atoms with van der Waals surface area (Å²) < 4.78 is 24.5. The molecule has 0 aliphatic carbocycles. The number of likely N-dealkylation sites (N-methyl/N-ethyl adjacent to an activating group) is 1. The molecule has 5 heteroatoms. The van der Waals surface area contributed by atoms with Crippen LogP contribution in [0.3, 0.4) is 0 Å². The van der Waals surface area contributed by atoms with Gasteiger partial charge in [-0.15, -0.1) is 10.8 Å². The van der Waals surface area contributed by atoms with E-state index in [0.717, 1.165) is 0 Å². The van der Waals surface area contributed by atoms with Gasteiger partial charge in [-0.2, -0.15) is 0 Å². The maximum Gasteiger partial charge on any atom is 0.150 e. The molecule has 56 valence electrons. The van der Waals surface area contributed by atoms with Gasteiger partial charge in [0.25, 0.3) is 0 Å². The summed E-state index contributed by atoms with van der Waals surface area (Å²) in [7, 11) is -0.872. The van der Waals surface area contributed by atoms with E-state index in [9.17, 15) is 0 Å². The van der Waals surface area contributed by atoms with Gasteiger partial charge in [-0.25, -0.2) is 4.31 Å². The van der Waals surface area contributed by atoms with Gasteiger partial charge in [-0.05, 0) is 0 Å². The van der Waals surface area contributed by atoms with Gasteiger partial charge in [0.2, 0.25) is 0 Å². The van der Waals surface area contributed by atoms with Crippen LogP contribution in [0, 0.1) is 0 Å². The highest BCUT2D eigenvalue weighted by Gasteiger charge is 2.22. The molecule has 1 aliphatic rings. The third kappa shape index (κ3) is 1.56. The van der Waals surface area contributed by atoms with Crippen molar-refractivity contribution in [3.63, 3.8) is 0 Å². The fourth-order valence-corrected chi connectivity index (χ4v) is 1.49. The minimum Gasteiger partial charge on any atom is -0.358 e. The summed E-state index contributed by atoms with van der Waals surface area (Å²) in [6.45, 7) is 1.19. The van der Waals surface area contributed by atoms with Gasteiger partial charge >= 0.3 is 0 Å². The summed E-state index contributed by atoms with van der Waals surface area (Å²) in [6, 6.07) is 0. The molecule has 0 amide bonds. The van der Waals surface area contributed by atoms with E-state index in [4.69, 9.17) is 13.8 Å². The summed E-state index contributed by atoms with van der Waals surface area (Å²) in [6.07, 6.45) is 0. The average Bonchev–Trinajstić information content (AvgIpc) is 1.77. The normalized spacial score (nSPS) is 31.9. The van der Waals surface area contributed by atoms with Gasteiger partial charge in [0, 0.05) is 13.6 Å². The highest BCUT2D eigenvalue weighted by Crippen LogP contribution is 2.43. The summed E-state index contributed by atoms with van der Waals surface area (Å²) in [5.41, 5.74) is 0. The number of rotatable bonds is 0. The second kappa shape index (κ2) is 2.43. The van der Waals surface area contributed by atoms with Crippen molar-refractivity contribution < 1.29 is 13.8 Å². The summed E-state index contributed by atoms with van der Waals surface area (Å²) >= 11 is 0. The number of nitrogens with zero attached hydrogens (tertiary/aromatic N) is 1. The maximum absolute atomic E-state index is 9.08. The quantitative estimate of drug-likeness (QED) is 0.534. The summed E-state index contributed by atoms with van der Waals surface area (Å²) in [5, 5.41) is 0. The minimum atomic E-state index is -2.55. The zero-order valence-electron chi connectivity index (χ0n) is 5.28. The molecule has 0 bridgehead atoms. The average molecular weight is 153 g/mol. The fourth-order valence-electron chi connectivity index (χ4n) is 0.600. The lowest BCUT2D eigenvalue weighted by Crippen LogP contribution is -2.34. The van der Waals surface area contributed by atoms with E-state index in [-0.39, 0.29) is 5.94 Å². The Labute approximate surface area is 55.9 Å². The Morgan fingerprint density at radius 3 is 2.56 bits per heavy atom. The first-order valence-corrected chi connectivity index (χ1v) is 4.35. The summed E-state index contributed by atoms with van der Waals surface area (Å²) in [5.74, 6) is 0.0590. The Morgan fingerprint density at radius 1 is 1.56 bits per heavy atom. The predicted molar refractivity (Wildman–Crippen MR) is 36.3 cm³/mol. The molecule has 0 aromatic heterocycles. The third-order valence-electron chi connectivity index (χ3n) is 1.29. The molecule has 0 aromatic rings. The molecule has 1 heterocycles. The molecule has 2 N–H and O–H groups in total. The van der Waals surface area contributed by atoms with Gasteiger partial charge < -0.3 is 4.74 Å². The second-order valence-electron chi connectivity index (χ2n) is 2.01. The Kier molecular flexibility index (Phi) is 1.97.